The molecule has 128 valence electrons. The van der Waals surface area contributed by atoms with Crippen LogP contribution in [0.15, 0.2) is 83.8 Å². The second-order valence-electron chi connectivity index (χ2n) is 5.93. The molecule has 2 aromatic carbocycles. The SMILES string of the molecule is O=C1NC(c2ccc(OCc3ccccc3)cc2)=CC1=Cc1cccs1. The summed E-state index contributed by atoms with van der Waals surface area (Å²) in [7, 11) is 0. The fraction of sp³-hybridized carbons (Fsp3) is 0.0455. The molecule has 2 heterocycles. The Labute approximate surface area is 156 Å². The van der Waals surface area contributed by atoms with Crippen LogP contribution in [-0.4, -0.2) is 5.91 Å². The number of amides is 1. The van der Waals surface area contributed by atoms with Crippen LogP contribution in [-0.2, 0) is 11.4 Å². The third-order valence-electron chi connectivity index (χ3n) is 4.06. The first kappa shape index (κ1) is 16.4. The predicted octanol–water partition coefficient (Wildman–Crippen LogP) is 4.88. The molecule has 1 amide bonds. The van der Waals surface area contributed by atoms with Crippen molar-refractivity contribution in [3.63, 3.8) is 0 Å². The molecule has 1 N–H and O–H groups in total. The summed E-state index contributed by atoms with van der Waals surface area (Å²) in [6.45, 7) is 0.535. The molecule has 1 aromatic heterocycles. The van der Waals surface area contributed by atoms with E-state index in [0.717, 1.165) is 27.5 Å². The molecule has 0 spiro atoms. The highest BCUT2D eigenvalue weighted by atomic mass is 32.1. The molecule has 0 saturated heterocycles. The van der Waals surface area contributed by atoms with Crippen molar-refractivity contribution in [2.24, 2.45) is 0 Å². The summed E-state index contributed by atoms with van der Waals surface area (Å²) in [5, 5.41) is 4.93. The monoisotopic (exact) mass is 359 g/mol. The molecule has 3 aromatic rings. The number of benzene rings is 2. The predicted molar refractivity (Wildman–Crippen MR) is 106 cm³/mol. The third-order valence-corrected chi connectivity index (χ3v) is 4.88. The van der Waals surface area contributed by atoms with Gasteiger partial charge in [-0.15, -0.1) is 11.3 Å². The van der Waals surface area contributed by atoms with Crippen molar-refractivity contribution in [1.29, 1.82) is 0 Å². The van der Waals surface area contributed by atoms with E-state index >= 15 is 0 Å². The number of nitrogens with one attached hydrogen (secondary N) is 1. The molecular formula is C22H17NO2S. The Hall–Kier alpha value is -3.11. The van der Waals surface area contributed by atoms with Gasteiger partial charge in [-0.1, -0.05) is 36.4 Å². The summed E-state index contributed by atoms with van der Waals surface area (Å²) >= 11 is 1.61. The Kier molecular flexibility index (Phi) is 4.67. The molecule has 26 heavy (non-hydrogen) atoms. The zero-order valence-electron chi connectivity index (χ0n) is 14.0. The van der Waals surface area contributed by atoms with Crippen LogP contribution in [0.25, 0.3) is 11.8 Å². The van der Waals surface area contributed by atoms with Gasteiger partial charge in [-0.25, -0.2) is 0 Å². The molecule has 0 saturated carbocycles. The molecule has 0 bridgehead atoms. The van der Waals surface area contributed by atoms with Gasteiger partial charge in [-0.3, -0.25) is 4.79 Å². The van der Waals surface area contributed by atoms with E-state index in [-0.39, 0.29) is 5.91 Å². The summed E-state index contributed by atoms with van der Waals surface area (Å²) in [5.41, 5.74) is 3.57. The quantitative estimate of drug-likeness (QED) is 0.659. The smallest absolute Gasteiger partial charge is 0.255 e. The van der Waals surface area contributed by atoms with Crippen molar-refractivity contribution >= 4 is 29.0 Å². The first-order chi connectivity index (χ1) is 12.8. The van der Waals surface area contributed by atoms with Crippen LogP contribution < -0.4 is 10.1 Å². The minimum atomic E-state index is -0.0715. The molecule has 0 aliphatic carbocycles. The molecule has 0 radical (unpaired) electrons. The van der Waals surface area contributed by atoms with E-state index in [1.807, 2.05) is 84.3 Å². The maximum atomic E-state index is 12.2. The average Bonchev–Trinajstić information content (AvgIpc) is 3.32. The van der Waals surface area contributed by atoms with E-state index in [1.165, 1.54) is 0 Å². The van der Waals surface area contributed by atoms with E-state index in [0.29, 0.717) is 12.2 Å². The second kappa shape index (κ2) is 7.42. The van der Waals surface area contributed by atoms with E-state index < -0.39 is 0 Å². The lowest BCUT2D eigenvalue weighted by Crippen LogP contribution is -2.15. The Balaban J connectivity index is 1.46. The number of hydrogen-bond donors (Lipinski definition) is 1. The van der Waals surface area contributed by atoms with Crippen LogP contribution >= 0.6 is 11.3 Å². The number of thiophene rings is 1. The first-order valence-electron chi connectivity index (χ1n) is 8.33. The number of carbonyl (C=O) groups is 1. The molecule has 4 rings (SSSR count). The fourth-order valence-corrected chi connectivity index (χ4v) is 3.38. The van der Waals surface area contributed by atoms with Gasteiger partial charge in [0.2, 0.25) is 0 Å². The lowest BCUT2D eigenvalue weighted by molar-refractivity contribution is -0.115. The van der Waals surface area contributed by atoms with Crippen molar-refractivity contribution in [2.75, 3.05) is 0 Å². The maximum Gasteiger partial charge on any atom is 0.255 e. The fourth-order valence-electron chi connectivity index (χ4n) is 2.71. The van der Waals surface area contributed by atoms with Crippen molar-refractivity contribution in [1.82, 2.24) is 5.32 Å². The van der Waals surface area contributed by atoms with Gasteiger partial charge >= 0.3 is 0 Å². The standard InChI is InChI=1S/C22H17NO2S/c24-22-18(13-20-7-4-12-26-20)14-21(23-22)17-8-10-19(11-9-17)25-15-16-5-2-1-3-6-16/h1-14H,15H2,(H,23,24). The maximum absolute atomic E-state index is 12.2. The van der Waals surface area contributed by atoms with Gasteiger partial charge in [-0.2, -0.15) is 0 Å². The second-order valence-corrected chi connectivity index (χ2v) is 6.91. The Morgan fingerprint density at radius 1 is 0.962 bits per heavy atom. The zero-order valence-corrected chi connectivity index (χ0v) is 14.8. The molecule has 1 aliphatic heterocycles. The molecule has 0 atom stereocenters. The summed E-state index contributed by atoms with van der Waals surface area (Å²) in [5.74, 6) is 0.731. The van der Waals surface area contributed by atoms with Crippen molar-refractivity contribution in [3.8, 4) is 5.75 Å². The van der Waals surface area contributed by atoms with Crippen molar-refractivity contribution < 1.29 is 9.53 Å². The lowest BCUT2D eigenvalue weighted by atomic mass is 10.1. The van der Waals surface area contributed by atoms with Crippen LogP contribution in [0.3, 0.4) is 0 Å². The summed E-state index contributed by atoms with van der Waals surface area (Å²) in [6, 6.07) is 21.8. The zero-order chi connectivity index (χ0) is 17.8. The van der Waals surface area contributed by atoms with Crippen LogP contribution in [0, 0.1) is 0 Å². The summed E-state index contributed by atoms with van der Waals surface area (Å²) in [6.07, 6.45) is 3.80. The number of carbonyl (C=O) groups excluding carboxylic acids is 1. The highest BCUT2D eigenvalue weighted by molar-refractivity contribution is 7.10. The number of ether oxygens (including phenoxy) is 1. The van der Waals surface area contributed by atoms with Crippen molar-refractivity contribution in [2.45, 2.75) is 6.61 Å². The molecule has 3 nitrogen and oxygen atoms in total. The van der Waals surface area contributed by atoms with E-state index in [4.69, 9.17) is 4.74 Å². The minimum absolute atomic E-state index is 0.0715. The average molecular weight is 359 g/mol. The molecule has 4 heteroatoms. The van der Waals surface area contributed by atoms with Gasteiger partial charge in [0.25, 0.3) is 5.91 Å². The van der Waals surface area contributed by atoms with Crippen LogP contribution in [0.4, 0.5) is 0 Å². The highest BCUT2D eigenvalue weighted by Gasteiger charge is 2.19. The van der Waals surface area contributed by atoms with Crippen LogP contribution in [0.5, 0.6) is 5.75 Å². The highest BCUT2D eigenvalue weighted by Crippen LogP contribution is 2.25. The minimum Gasteiger partial charge on any atom is -0.489 e. The topological polar surface area (TPSA) is 38.3 Å². The van der Waals surface area contributed by atoms with Gasteiger partial charge in [0, 0.05) is 16.1 Å². The normalized spacial score (nSPS) is 15.0. The van der Waals surface area contributed by atoms with Crippen molar-refractivity contribution in [3.05, 3.63) is 99.8 Å². The molecule has 1 aliphatic rings. The summed E-state index contributed by atoms with van der Waals surface area (Å²) < 4.78 is 5.81. The van der Waals surface area contributed by atoms with E-state index in [9.17, 15) is 4.79 Å². The first-order valence-corrected chi connectivity index (χ1v) is 9.21. The van der Waals surface area contributed by atoms with Gasteiger partial charge in [0.15, 0.2) is 0 Å². The van der Waals surface area contributed by atoms with E-state index in [1.54, 1.807) is 11.3 Å². The Morgan fingerprint density at radius 2 is 1.77 bits per heavy atom. The van der Waals surface area contributed by atoms with Gasteiger partial charge in [0.05, 0.1) is 0 Å². The Bertz CT molecular complexity index is 955. The molecular weight excluding hydrogens is 342 g/mol. The lowest BCUT2D eigenvalue weighted by Gasteiger charge is -2.08. The van der Waals surface area contributed by atoms with Gasteiger partial charge in [-0.05, 0) is 59.0 Å². The molecule has 0 fully saturated rings. The molecule has 0 unspecified atom stereocenters. The summed E-state index contributed by atoms with van der Waals surface area (Å²) in [4.78, 5) is 13.2. The van der Waals surface area contributed by atoms with Crippen LogP contribution in [0.2, 0.25) is 0 Å². The van der Waals surface area contributed by atoms with E-state index in [2.05, 4.69) is 5.32 Å². The van der Waals surface area contributed by atoms with Gasteiger partial charge < -0.3 is 10.1 Å². The number of hydrogen-bond acceptors (Lipinski definition) is 3. The largest absolute Gasteiger partial charge is 0.489 e. The third kappa shape index (κ3) is 3.76. The van der Waals surface area contributed by atoms with Gasteiger partial charge in [0.1, 0.15) is 12.4 Å². The number of rotatable bonds is 5. The van der Waals surface area contributed by atoms with Crippen LogP contribution in [0.1, 0.15) is 16.0 Å². The Morgan fingerprint density at radius 3 is 2.50 bits per heavy atom.